The molecular formula is C5H12OS2. The lowest BCUT2D eigenvalue weighted by Gasteiger charge is -2.17. The first-order valence-corrected chi connectivity index (χ1v) is 4.52. The van der Waals surface area contributed by atoms with Crippen LogP contribution in [-0.2, 0) is 25.1 Å². The van der Waals surface area contributed by atoms with Gasteiger partial charge in [0, 0.05) is 14.5 Å². The van der Waals surface area contributed by atoms with Crippen molar-refractivity contribution in [2.75, 3.05) is 7.11 Å². The quantitative estimate of drug-likeness (QED) is 0.562. The monoisotopic (exact) mass is 152 g/mol. The van der Waals surface area contributed by atoms with Crippen molar-refractivity contribution in [2.45, 2.75) is 25.5 Å². The molecule has 0 radical (unpaired) electrons. The molecule has 0 rings (SSSR count). The molecular weight excluding hydrogens is 140 g/mol. The highest BCUT2D eigenvalue weighted by molar-refractivity contribution is 8.26. The maximum Gasteiger partial charge on any atom is 0.0506 e. The minimum absolute atomic E-state index is 0.129. The molecule has 3 heteroatoms. The summed E-state index contributed by atoms with van der Waals surface area (Å²) < 4.78 is 5.09. The fourth-order valence-electron chi connectivity index (χ4n) is 0.250. The predicted octanol–water partition coefficient (Wildman–Crippen LogP) is 1.43. The second-order valence-electron chi connectivity index (χ2n) is 2.51. The van der Waals surface area contributed by atoms with Crippen LogP contribution in [0.25, 0.3) is 0 Å². The lowest BCUT2D eigenvalue weighted by atomic mass is 10.3. The van der Waals surface area contributed by atoms with Gasteiger partial charge in [0.15, 0.2) is 0 Å². The zero-order valence-corrected chi connectivity index (χ0v) is 7.36. The second-order valence-corrected chi connectivity index (χ2v) is 5.45. The van der Waals surface area contributed by atoms with E-state index in [-0.39, 0.29) is 14.5 Å². The van der Waals surface area contributed by atoms with E-state index >= 15 is 0 Å². The molecule has 1 atom stereocenters. The molecule has 1 unspecified atom stereocenters. The highest BCUT2D eigenvalue weighted by Gasteiger charge is 2.14. The van der Waals surface area contributed by atoms with Gasteiger partial charge in [-0.1, -0.05) is 0 Å². The van der Waals surface area contributed by atoms with Gasteiger partial charge in [-0.25, -0.2) is 0 Å². The number of hydrogen-bond donors (Lipinski definition) is 0. The molecule has 0 aromatic heterocycles. The summed E-state index contributed by atoms with van der Waals surface area (Å²) in [7, 11) is 1.34. The predicted molar refractivity (Wildman–Crippen MR) is 41.5 cm³/mol. The van der Waals surface area contributed by atoms with Crippen molar-refractivity contribution in [2.24, 2.45) is 0 Å². The summed E-state index contributed by atoms with van der Waals surface area (Å²) >= 11 is 4.98. The Hall–Kier alpha value is 0.530. The SMILES string of the molecule is COS(=S)C(C)(C)C. The van der Waals surface area contributed by atoms with Gasteiger partial charge in [0.05, 0.1) is 7.11 Å². The van der Waals surface area contributed by atoms with E-state index < -0.39 is 0 Å². The van der Waals surface area contributed by atoms with Crippen LogP contribution < -0.4 is 0 Å². The van der Waals surface area contributed by atoms with E-state index in [2.05, 4.69) is 20.8 Å². The Balaban J connectivity index is 3.82. The molecule has 0 bridgehead atoms. The molecule has 50 valence electrons. The Morgan fingerprint density at radius 1 is 1.38 bits per heavy atom. The van der Waals surface area contributed by atoms with E-state index in [9.17, 15) is 0 Å². The van der Waals surface area contributed by atoms with Crippen molar-refractivity contribution >= 4 is 20.9 Å². The molecule has 0 saturated carbocycles. The molecule has 0 aliphatic carbocycles. The Bertz CT molecular complexity index is 93.1. The van der Waals surface area contributed by atoms with Crippen LogP contribution in [0.5, 0.6) is 0 Å². The van der Waals surface area contributed by atoms with E-state index in [1.807, 2.05) is 0 Å². The fraction of sp³-hybridized carbons (Fsp3) is 1.00. The summed E-state index contributed by atoms with van der Waals surface area (Å²) in [6, 6.07) is 0. The van der Waals surface area contributed by atoms with Gasteiger partial charge in [0.1, 0.15) is 0 Å². The van der Waals surface area contributed by atoms with Gasteiger partial charge in [-0.05, 0) is 32.0 Å². The molecule has 8 heavy (non-hydrogen) atoms. The van der Waals surface area contributed by atoms with Crippen LogP contribution in [0.4, 0.5) is 0 Å². The van der Waals surface area contributed by atoms with Crippen molar-refractivity contribution in [1.29, 1.82) is 0 Å². The third-order valence-electron chi connectivity index (χ3n) is 0.651. The minimum atomic E-state index is -0.311. The van der Waals surface area contributed by atoms with Crippen LogP contribution in [0.15, 0.2) is 0 Å². The van der Waals surface area contributed by atoms with Crippen LogP contribution in [0.3, 0.4) is 0 Å². The molecule has 0 aliphatic heterocycles. The first kappa shape index (κ1) is 8.53. The van der Waals surface area contributed by atoms with Crippen molar-refractivity contribution in [1.82, 2.24) is 0 Å². The van der Waals surface area contributed by atoms with Gasteiger partial charge in [0.2, 0.25) is 0 Å². The maximum atomic E-state index is 4.98. The van der Waals surface area contributed by atoms with E-state index in [0.717, 1.165) is 0 Å². The lowest BCUT2D eigenvalue weighted by Crippen LogP contribution is -2.21. The number of rotatable bonds is 1. The van der Waals surface area contributed by atoms with E-state index in [4.69, 9.17) is 15.4 Å². The normalized spacial score (nSPS) is 16.0. The summed E-state index contributed by atoms with van der Waals surface area (Å²) in [4.78, 5) is 0. The third-order valence-corrected chi connectivity index (χ3v) is 3.86. The van der Waals surface area contributed by atoms with Crippen LogP contribution in [0.2, 0.25) is 0 Å². The van der Waals surface area contributed by atoms with Crippen LogP contribution in [-0.4, -0.2) is 11.9 Å². The first-order chi connectivity index (χ1) is 3.48. The van der Waals surface area contributed by atoms with Gasteiger partial charge < -0.3 is 4.18 Å². The van der Waals surface area contributed by atoms with Crippen molar-refractivity contribution < 1.29 is 4.18 Å². The molecule has 0 spiro atoms. The largest absolute Gasteiger partial charge is 0.315 e. The smallest absolute Gasteiger partial charge is 0.0506 e. The van der Waals surface area contributed by atoms with E-state index in [1.54, 1.807) is 7.11 Å². The molecule has 0 aliphatic rings. The average Bonchev–Trinajstić information content (AvgIpc) is 1.62. The topological polar surface area (TPSA) is 9.23 Å². The molecule has 0 fully saturated rings. The fourth-order valence-corrected chi connectivity index (χ4v) is 0.750. The lowest BCUT2D eigenvalue weighted by molar-refractivity contribution is 0.468. The zero-order chi connectivity index (χ0) is 6.78. The maximum absolute atomic E-state index is 4.98. The second kappa shape index (κ2) is 2.90. The van der Waals surface area contributed by atoms with Crippen molar-refractivity contribution in [3.05, 3.63) is 0 Å². The summed E-state index contributed by atoms with van der Waals surface area (Å²) in [5.74, 6) is 0. The highest BCUT2D eigenvalue weighted by Crippen LogP contribution is 2.11. The van der Waals surface area contributed by atoms with Crippen LogP contribution >= 0.6 is 0 Å². The van der Waals surface area contributed by atoms with Crippen LogP contribution in [0.1, 0.15) is 20.8 Å². The Morgan fingerprint density at radius 3 is 1.75 bits per heavy atom. The third kappa shape index (κ3) is 2.74. The molecule has 0 heterocycles. The molecule has 0 amide bonds. The summed E-state index contributed by atoms with van der Waals surface area (Å²) in [6.07, 6.45) is 0. The molecule has 0 aromatic rings. The molecule has 0 saturated heterocycles. The summed E-state index contributed by atoms with van der Waals surface area (Å²) in [5.41, 5.74) is 0. The minimum Gasteiger partial charge on any atom is -0.315 e. The van der Waals surface area contributed by atoms with Gasteiger partial charge in [-0.3, -0.25) is 0 Å². The first-order valence-electron chi connectivity index (χ1n) is 2.45. The Kier molecular flexibility index (Phi) is 3.09. The summed E-state index contributed by atoms with van der Waals surface area (Å²) in [6.45, 7) is 6.23. The van der Waals surface area contributed by atoms with Gasteiger partial charge >= 0.3 is 0 Å². The van der Waals surface area contributed by atoms with Gasteiger partial charge in [0.25, 0.3) is 0 Å². The zero-order valence-electron chi connectivity index (χ0n) is 5.72. The molecule has 0 aromatic carbocycles. The Labute approximate surface area is 58.2 Å². The van der Waals surface area contributed by atoms with Crippen molar-refractivity contribution in [3.8, 4) is 0 Å². The molecule has 1 nitrogen and oxygen atoms in total. The van der Waals surface area contributed by atoms with Gasteiger partial charge in [-0.15, -0.1) is 0 Å². The van der Waals surface area contributed by atoms with Crippen molar-refractivity contribution in [3.63, 3.8) is 0 Å². The standard InChI is InChI=1S/C5H12OS2/c1-5(2,3)8(7)6-4/h1-4H3. The Morgan fingerprint density at radius 2 is 1.75 bits per heavy atom. The van der Waals surface area contributed by atoms with Crippen LogP contribution in [0, 0.1) is 0 Å². The number of hydrogen-bond acceptors (Lipinski definition) is 2. The average molecular weight is 152 g/mol. The van der Waals surface area contributed by atoms with E-state index in [1.165, 1.54) is 0 Å². The van der Waals surface area contributed by atoms with Gasteiger partial charge in [-0.2, -0.15) is 0 Å². The molecule has 0 N–H and O–H groups in total. The van der Waals surface area contributed by atoms with E-state index in [0.29, 0.717) is 0 Å². The summed E-state index contributed by atoms with van der Waals surface area (Å²) in [5, 5.41) is 0. The highest BCUT2D eigenvalue weighted by atomic mass is 32.8.